The van der Waals surface area contributed by atoms with Crippen molar-refractivity contribution in [2.75, 3.05) is 30.3 Å². The molecular weight excluding hydrogens is 408 g/mol. The smallest absolute Gasteiger partial charge is 0.254 e. The normalized spacial score (nSPS) is 18.0. The fourth-order valence-electron chi connectivity index (χ4n) is 3.74. The predicted molar refractivity (Wildman–Crippen MR) is 122 cm³/mol. The molecule has 0 spiro atoms. The number of likely N-dealkylation sites (tertiary alicyclic amines) is 1. The highest BCUT2D eigenvalue weighted by Gasteiger charge is 2.25. The molecule has 8 heteroatoms. The molecule has 3 amide bonds. The van der Waals surface area contributed by atoms with Crippen molar-refractivity contribution in [2.45, 2.75) is 37.8 Å². The highest BCUT2D eigenvalue weighted by atomic mass is 16.3. The van der Waals surface area contributed by atoms with Crippen molar-refractivity contribution < 1.29 is 19.5 Å². The lowest BCUT2D eigenvalue weighted by molar-refractivity contribution is -0.114. The van der Waals surface area contributed by atoms with E-state index in [4.69, 9.17) is 0 Å². The molecule has 4 N–H and O–H groups in total. The molecule has 0 bridgehead atoms. The maximum absolute atomic E-state index is 12.7. The van der Waals surface area contributed by atoms with Gasteiger partial charge in [-0.3, -0.25) is 14.4 Å². The summed E-state index contributed by atoms with van der Waals surface area (Å²) in [5.41, 5.74) is 2.05. The minimum atomic E-state index is -0.480. The van der Waals surface area contributed by atoms with Crippen LogP contribution in [0.15, 0.2) is 48.5 Å². The largest absolute Gasteiger partial charge is 0.391 e. The molecule has 2 fully saturated rings. The van der Waals surface area contributed by atoms with Gasteiger partial charge in [0.1, 0.15) is 0 Å². The molecule has 1 aliphatic heterocycles. The number of aliphatic hydroxyl groups is 1. The number of benzene rings is 2. The summed E-state index contributed by atoms with van der Waals surface area (Å²) < 4.78 is 0. The van der Waals surface area contributed by atoms with Crippen molar-refractivity contribution in [1.29, 1.82) is 0 Å². The van der Waals surface area contributed by atoms with Gasteiger partial charge in [-0.25, -0.2) is 0 Å². The SMILES string of the molecule is O=C(CNc1cccc(C(=O)N2CCC[C@@H](O)C2)c1)Nc1ccccc1C(=O)NC1CC1. The van der Waals surface area contributed by atoms with E-state index in [2.05, 4.69) is 16.0 Å². The molecule has 2 aromatic rings. The summed E-state index contributed by atoms with van der Waals surface area (Å²) in [5, 5.41) is 18.6. The van der Waals surface area contributed by atoms with Crippen LogP contribution in [0.3, 0.4) is 0 Å². The Bertz CT molecular complexity index is 1000. The van der Waals surface area contributed by atoms with Gasteiger partial charge in [0, 0.05) is 30.4 Å². The molecule has 0 radical (unpaired) electrons. The van der Waals surface area contributed by atoms with E-state index in [0.29, 0.717) is 42.0 Å². The van der Waals surface area contributed by atoms with E-state index in [1.807, 2.05) is 0 Å². The monoisotopic (exact) mass is 436 g/mol. The number of anilines is 2. The predicted octanol–water partition coefficient (Wildman–Crippen LogP) is 2.23. The van der Waals surface area contributed by atoms with Gasteiger partial charge in [0.05, 0.1) is 23.9 Å². The van der Waals surface area contributed by atoms with Crippen LogP contribution in [0.2, 0.25) is 0 Å². The van der Waals surface area contributed by atoms with Crippen LogP contribution in [0.5, 0.6) is 0 Å². The van der Waals surface area contributed by atoms with Gasteiger partial charge in [-0.05, 0) is 56.0 Å². The summed E-state index contributed by atoms with van der Waals surface area (Å²) in [7, 11) is 0. The first-order chi connectivity index (χ1) is 15.5. The Morgan fingerprint density at radius 1 is 1.03 bits per heavy atom. The van der Waals surface area contributed by atoms with Crippen LogP contribution in [0, 0.1) is 0 Å². The molecule has 1 saturated heterocycles. The molecule has 2 aliphatic rings. The number of rotatable bonds is 7. The van der Waals surface area contributed by atoms with Gasteiger partial charge in [0.15, 0.2) is 0 Å². The van der Waals surface area contributed by atoms with Crippen molar-refractivity contribution in [1.82, 2.24) is 10.2 Å². The Hall–Kier alpha value is -3.39. The average molecular weight is 437 g/mol. The van der Waals surface area contributed by atoms with Crippen LogP contribution < -0.4 is 16.0 Å². The molecule has 1 aliphatic carbocycles. The van der Waals surface area contributed by atoms with Gasteiger partial charge in [-0.1, -0.05) is 18.2 Å². The van der Waals surface area contributed by atoms with Crippen molar-refractivity contribution in [3.8, 4) is 0 Å². The molecule has 1 heterocycles. The summed E-state index contributed by atoms with van der Waals surface area (Å²) in [5.74, 6) is -0.620. The topological polar surface area (TPSA) is 111 Å². The Kier molecular flexibility index (Phi) is 6.70. The standard InChI is InChI=1S/C24H28N4O4/c29-19-7-4-12-28(15-19)24(32)16-5-3-6-18(13-16)25-14-22(30)27-21-9-2-1-8-20(21)23(31)26-17-10-11-17/h1-3,5-6,8-9,13,17,19,25,29H,4,7,10-12,14-15H2,(H,26,31)(H,27,30)/t19-/m1/s1. The number of aliphatic hydroxyl groups excluding tert-OH is 1. The van der Waals surface area contributed by atoms with Crippen molar-refractivity contribution in [3.63, 3.8) is 0 Å². The quantitative estimate of drug-likeness (QED) is 0.532. The molecular formula is C24H28N4O4. The summed E-state index contributed by atoms with van der Waals surface area (Å²) in [6.45, 7) is 0.953. The third-order valence-electron chi connectivity index (χ3n) is 5.60. The number of amides is 3. The van der Waals surface area contributed by atoms with Crippen molar-refractivity contribution in [2.24, 2.45) is 0 Å². The van der Waals surface area contributed by atoms with Crippen molar-refractivity contribution >= 4 is 29.1 Å². The molecule has 168 valence electrons. The third kappa shape index (κ3) is 5.64. The fourth-order valence-corrected chi connectivity index (χ4v) is 3.74. The maximum atomic E-state index is 12.7. The van der Waals surface area contributed by atoms with Crippen LogP contribution in [0.1, 0.15) is 46.4 Å². The van der Waals surface area contributed by atoms with Gasteiger partial charge < -0.3 is 26.0 Å². The van der Waals surface area contributed by atoms with Crippen LogP contribution in [-0.4, -0.2) is 59.5 Å². The first-order valence-corrected chi connectivity index (χ1v) is 11.0. The number of nitrogens with zero attached hydrogens (tertiary/aromatic N) is 1. The van der Waals surface area contributed by atoms with Gasteiger partial charge >= 0.3 is 0 Å². The zero-order valence-electron chi connectivity index (χ0n) is 17.8. The molecule has 0 aromatic heterocycles. The van der Waals surface area contributed by atoms with Crippen molar-refractivity contribution in [3.05, 3.63) is 59.7 Å². The van der Waals surface area contributed by atoms with Crippen LogP contribution in [0.25, 0.3) is 0 Å². The van der Waals surface area contributed by atoms with Crippen LogP contribution in [0.4, 0.5) is 11.4 Å². The van der Waals surface area contributed by atoms with E-state index in [1.165, 1.54) is 0 Å². The minimum Gasteiger partial charge on any atom is -0.391 e. The Morgan fingerprint density at radius 2 is 1.84 bits per heavy atom. The van der Waals surface area contributed by atoms with Gasteiger partial charge in [-0.15, -0.1) is 0 Å². The van der Waals surface area contributed by atoms with E-state index in [9.17, 15) is 19.5 Å². The first-order valence-electron chi connectivity index (χ1n) is 11.0. The Morgan fingerprint density at radius 3 is 2.62 bits per heavy atom. The number of piperidine rings is 1. The summed E-state index contributed by atoms with van der Waals surface area (Å²) in [4.78, 5) is 39.3. The number of para-hydroxylation sites is 1. The second-order valence-corrected chi connectivity index (χ2v) is 8.32. The van der Waals surface area contributed by atoms with Gasteiger partial charge in [0.25, 0.3) is 11.8 Å². The zero-order valence-corrected chi connectivity index (χ0v) is 17.8. The number of carbonyl (C=O) groups excluding carboxylic acids is 3. The van der Waals surface area contributed by atoms with Crippen LogP contribution in [-0.2, 0) is 4.79 Å². The Labute approximate surface area is 187 Å². The second-order valence-electron chi connectivity index (χ2n) is 8.32. The maximum Gasteiger partial charge on any atom is 0.254 e. The van der Waals surface area contributed by atoms with Gasteiger partial charge in [-0.2, -0.15) is 0 Å². The molecule has 32 heavy (non-hydrogen) atoms. The average Bonchev–Trinajstić information content (AvgIpc) is 3.62. The number of hydrogen-bond donors (Lipinski definition) is 4. The molecule has 1 atom stereocenters. The molecule has 0 unspecified atom stereocenters. The second kappa shape index (κ2) is 9.82. The highest BCUT2D eigenvalue weighted by molar-refractivity contribution is 6.04. The Balaban J connectivity index is 1.34. The van der Waals surface area contributed by atoms with E-state index in [-0.39, 0.29) is 30.3 Å². The van der Waals surface area contributed by atoms with E-state index in [0.717, 1.165) is 19.3 Å². The molecule has 2 aromatic carbocycles. The summed E-state index contributed by atoms with van der Waals surface area (Å²) >= 11 is 0. The number of β-amino-alcohol motifs (C(OH)–C–C–N with tert-alkyl or cyclic N) is 1. The third-order valence-corrected chi connectivity index (χ3v) is 5.60. The first kappa shape index (κ1) is 21.8. The lowest BCUT2D eigenvalue weighted by atomic mass is 10.1. The summed E-state index contributed by atoms with van der Waals surface area (Å²) in [6.07, 6.45) is 3.00. The number of hydrogen-bond acceptors (Lipinski definition) is 5. The molecule has 4 rings (SSSR count). The van der Waals surface area contributed by atoms with Gasteiger partial charge in [0.2, 0.25) is 5.91 Å². The van der Waals surface area contributed by atoms with E-state index >= 15 is 0 Å². The zero-order chi connectivity index (χ0) is 22.5. The lowest BCUT2D eigenvalue weighted by Gasteiger charge is -2.30. The minimum absolute atomic E-state index is 0.0152. The van der Waals surface area contributed by atoms with E-state index in [1.54, 1.807) is 53.4 Å². The molecule has 8 nitrogen and oxygen atoms in total. The van der Waals surface area contributed by atoms with E-state index < -0.39 is 6.10 Å². The lowest BCUT2D eigenvalue weighted by Crippen LogP contribution is -2.42. The molecule has 1 saturated carbocycles. The summed E-state index contributed by atoms with van der Waals surface area (Å²) in [6, 6.07) is 14.1. The number of carbonyl (C=O) groups is 3. The van der Waals surface area contributed by atoms with Crippen LogP contribution >= 0.6 is 0 Å². The highest BCUT2D eigenvalue weighted by Crippen LogP contribution is 2.22. The number of nitrogens with one attached hydrogen (secondary N) is 3. The fraction of sp³-hybridized carbons (Fsp3) is 0.375.